The second-order valence-corrected chi connectivity index (χ2v) is 5.82. The van der Waals surface area contributed by atoms with Gasteiger partial charge in [-0.2, -0.15) is 0 Å². The molecule has 2 rings (SSSR count). The molecule has 0 aromatic heterocycles. The summed E-state index contributed by atoms with van der Waals surface area (Å²) in [4.78, 5) is 0. The first-order valence-corrected chi connectivity index (χ1v) is 7.27. The normalized spacial score (nSPS) is 29.9. The Morgan fingerprint density at radius 3 is 2.50 bits per heavy atom. The van der Waals surface area contributed by atoms with Gasteiger partial charge >= 0.3 is 0 Å². The van der Waals surface area contributed by atoms with Gasteiger partial charge in [0.15, 0.2) is 0 Å². The van der Waals surface area contributed by atoms with Crippen LogP contribution in [0, 0.1) is 5.82 Å². The highest BCUT2D eigenvalue weighted by molar-refractivity contribution is 5.20. The third-order valence-corrected chi connectivity index (χ3v) is 3.65. The predicted octanol–water partition coefficient (Wildman–Crippen LogP) is 3.19. The van der Waals surface area contributed by atoms with Crippen molar-refractivity contribution in [2.75, 3.05) is 0 Å². The second-order valence-electron chi connectivity index (χ2n) is 5.82. The molecule has 112 valence electrons. The van der Waals surface area contributed by atoms with E-state index < -0.39 is 0 Å². The molecule has 0 radical (unpaired) electrons. The van der Waals surface area contributed by atoms with Gasteiger partial charge < -0.3 is 15.2 Å². The summed E-state index contributed by atoms with van der Waals surface area (Å²) in [6, 6.07) is 6.30. The van der Waals surface area contributed by atoms with Crippen molar-refractivity contribution in [1.29, 1.82) is 0 Å². The molecule has 4 heteroatoms. The van der Waals surface area contributed by atoms with Crippen molar-refractivity contribution in [3.05, 3.63) is 35.6 Å². The van der Waals surface area contributed by atoms with E-state index in [4.69, 9.17) is 15.2 Å². The molecule has 0 spiro atoms. The molecule has 2 N–H and O–H groups in total. The van der Waals surface area contributed by atoms with Crippen LogP contribution < -0.4 is 5.73 Å². The number of ether oxygens (including phenoxy) is 2. The van der Waals surface area contributed by atoms with Crippen molar-refractivity contribution < 1.29 is 13.9 Å². The largest absolute Gasteiger partial charge is 0.375 e. The van der Waals surface area contributed by atoms with Gasteiger partial charge in [0, 0.05) is 6.04 Å². The molecule has 4 unspecified atom stereocenters. The molecule has 0 aliphatic carbocycles. The Hall–Kier alpha value is -0.970. The molecule has 1 aromatic carbocycles. The lowest BCUT2D eigenvalue weighted by atomic mass is 9.99. The van der Waals surface area contributed by atoms with Crippen LogP contribution in [0.3, 0.4) is 0 Å². The highest BCUT2D eigenvalue weighted by Gasteiger charge is 2.29. The van der Waals surface area contributed by atoms with Crippen molar-refractivity contribution in [3.8, 4) is 0 Å². The van der Waals surface area contributed by atoms with Gasteiger partial charge in [-0.05, 0) is 51.3 Å². The van der Waals surface area contributed by atoms with Crippen LogP contribution in [0.5, 0.6) is 0 Å². The van der Waals surface area contributed by atoms with Crippen molar-refractivity contribution >= 4 is 0 Å². The molecular formula is C16H24FNO2. The van der Waals surface area contributed by atoms with Gasteiger partial charge in [0.25, 0.3) is 0 Å². The fraction of sp³-hybridized carbons (Fsp3) is 0.625. The average molecular weight is 281 g/mol. The summed E-state index contributed by atoms with van der Waals surface area (Å²) < 4.78 is 25.3. The molecule has 1 saturated heterocycles. The lowest BCUT2D eigenvalue weighted by Crippen LogP contribution is -2.38. The van der Waals surface area contributed by atoms with Crippen LogP contribution in [0.2, 0.25) is 0 Å². The SMILES string of the molecule is CC1CC(OC(c2cccc(F)c2)C(C)N)CC(C)O1. The molecule has 20 heavy (non-hydrogen) atoms. The van der Waals surface area contributed by atoms with E-state index in [0.717, 1.165) is 18.4 Å². The Labute approximate surface area is 120 Å². The Morgan fingerprint density at radius 2 is 1.95 bits per heavy atom. The van der Waals surface area contributed by atoms with E-state index in [9.17, 15) is 4.39 Å². The lowest BCUT2D eigenvalue weighted by molar-refractivity contribution is -0.126. The van der Waals surface area contributed by atoms with Crippen LogP contribution >= 0.6 is 0 Å². The van der Waals surface area contributed by atoms with E-state index in [1.165, 1.54) is 12.1 Å². The third-order valence-electron chi connectivity index (χ3n) is 3.65. The first kappa shape index (κ1) is 15.4. The average Bonchev–Trinajstić information content (AvgIpc) is 2.34. The van der Waals surface area contributed by atoms with Gasteiger partial charge in [-0.25, -0.2) is 4.39 Å². The molecule has 0 saturated carbocycles. The minimum Gasteiger partial charge on any atom is -0.375 e. The Bertz CT molecular complexity index is 428. The molecule has 1 aromatic rings. The molecule has 1 heterocycles. The highest BCUT2D eigenvalue weighted by atomic mass is 19.1. The van der Waals surface area contributed by atoms with E-state index in [-0.39, 0.29) is 36.3 Å². The van der Waals surface area contributed by atoms with Crippen LogP contribution in [0.1, 0.15) is 45.3 Å². The minimum absolute atomic E-state index is 0.105. The van der Waals surface area contributed by atoms with Gasteiger partial charge in [-0.1, -0.05) is 12.1 Å². The fourth-order valence-electron chi connectivity index (χ4n) is 2.85. The van der Waals surface area contributed by atoms with Gasteiger partial charge in [-0.15, -0.1) is 0 Å². The predicted molar refractivity (Wildman–Crippen MR) is 76.9 cm³/mol. The quantitative estimate of drug-likeness (QED) is 0.922. The van der Waals surface area contributed by atoms with E-state index in [1.807, 2.05) is 13.0 Å². The van der Waals surface area contributed by atoms with Crippen molar-refractivity contribution in [1.82, 2.24) is 0 Å². The summed E-state index contributed by atoms with van der Waals surface area (Å²) in [6.07, 6.45) is 1.89. The maximum atomic E-state index is 13.4. The van der Waals surface area contributed by atoms with Gasteiger partial charge in [0.2, 0.25) is 0 Å². The van der Waals surface area contributed by atoms with Crippen LogP contribution in [0.4, 0.5) is 4.39 Å². The molecule has 0 amide bonds. The second kappa shape index (κ2) is 6.66. The maximum absolute atomic E-state index is 13.4. The van der Waals surface area contributed by atoms with Gasteiger partial charge in [0.1, 0.15) is 5.82 Å². The van der Waals surface area contributed by atoms with Crippen LogP contribution in [-0.2, 0) is 9.47 Å². The maximum Gasteiger partial charge on any atom is 0.123 e. The first-order chi connectivity index (χ1) is 9.45. The van der Waals surface area contributed by atoms with Crippen LogP contribution in [-0.4, -0.2) is 24.4 Å². The van der Waals surface area contributed by atoms with Crippen molar-refractivity contribution in [2.24, 2.45) is 5.73 Å². The smallest absolute Gasteiger partial charge is 0.123 e. The number of nitrogens with two attached hydrogens (primary N) is 1. The monoisotopic (exact) mass is 281 g/mol. The summed E-state index contributed by atoms with van der Waals surface area (Å²) in [6.45, 7) is 5.99. The Balaban J connectivity index is 2.10. The van der Waals surface area contributed by atoms with Crippen LogP contribution in [0.15, 0.2) is 24.3 Å². The minimum atomic E-state index is -0.284. The molecule has 1 aliphatic rings. The summed E-state index contributed by atoms with van der Waals surface area (Å²) in [5, 5.41) is 0. The summed E-state index contributed by atoms with van der Waals surface area (Å²) >= 11 is 0. The standard InChI is InChI=1S/C16H24FNO2/c1-10-7-15(8-11(2)19-10)20-16(12(3)18)13-5-4-6-14(17)9-13/h4-6,9-12,15-16H,7-8,18H2,1-3H3. The summed E-state index contributed by atoms with van der Waals surface area (Å²) in [5.41, 5.74) is 6.82. The Kier molecular flexibility index (Phi) is 5.13. The van der Waals surface area contributed by atoms with E-state index in [1.54, 1.807) is 6.07 Å². The number of rotatable bonds is 4. The summed E-state index contributed by atoms with van der Waals surface area (Å²) in [5.74, 6) is -0.259. The summed E-state index contributed by atoms with van der Waals surface area (Å²) in [7, 11) is 0. The van der Waals surface area contributed by atoms with Crippen LogP contribution in [0.25, 0.3) is 0 Å². The van der Waals surface area contributed by atoms with Gasteiger partial charge in [0.05, 0.1) is 24.4 Å². The van der Waals surface area contributed by atoms with E-state index in [0.29, 0.717) is 0 Å². The molecule has 3 nitrogen and oxygen atoms in total. The lowest BCUT2D eigenvalue weighted by Gasteiger charge is -2.35. The van der Waals surface area contributed by atoms with E-state index >= 15 is 0 Å². The highest BCUT2D eigenvalue weighted by Crippen LogP contribution is 2.29. The number of halogens is 1. The first-order valence-electron chi connectivity index (χ1n) is 7.27. The zero-order valence-corrected chi connectivity index (χ0v) is 12.4. The zero-order valence-electron chi connectivity index (χ0n) is 12.4. The fourth-order valence-corrected chi connectivity index (χ4v) is 2.85. The molecule has 0 bridgehead atoms. The zero-order chi connectivity index (χ0) is 14.7. The third kappa shape index (κ3) is 4.01. The van der Waals surface area contributed by atoms with Crippen molar-refractivity contribution in [2.45, 2.75) is 64.1 Å². The molecule has 4 atom stereocenters. The topological polar surface area (TPSA) is 44.5 Å². The van der Waals surface area contributed by atoms with E-state index in [2.05, 4.69) is 13.8 Å². The number of hydrogen-bond donors (Lipinski definition) is 1. The molecule has 1 aliphatic heterocycles. The van der Waals surface area contributed by atoms with Crippen molar-refractivity contribution in [3.63, 3.8) is 0 Å². The number of hydrogen-bond acceptors (Lipinski definition) is 3. The molecular weight excluding hydrogens is 257 g/mol. The molecule has 1 fully saturated rings. The van der Waals surface area contributed by atoms with Gasteiger partial charge in [-0.3, -0.25) is 0 Å². The number of benzene rings is 1. The Morgan fingerprint density at radius 1 is 1.30 bits per heavy atom.